The summed E-state index contributed by atoms with van der Waals surface area (Å²) >= 11 is 0. The molecule has 0 aliphatic carbocycles. The lowest BCUT2D eigenvalue weighted by Crippen LogP contribution is -2.33. The van der Waals surface area contributed by atoms with Crippen LogP contribution >= 0.6 is 0 Å². The summed E-state index contributed by atoms with van der Waals surface area (Å²) in [4.78, 5) is 2.31. The molecule has 0 amide bonds. The van der Waals surface area contributed by atoms with Crippen LogP contribution in [0.1, 0.15) is 22.3 Å². The quantitative estimate of drug-likeness (QED) is 0.385. The van der Waals surface area contributed by atoms with Crippen LogP contribution in [0, 0.1) is 6.92 Å². The van der Waals surface area contributed by atoms with Crippen molar-refractivity contribution in [1.82, 2.24) is 0 Å². The SMILES string of the molecule is Cc1cccc(/C(N)=N/O)c1N1CCc2ccccc2C1. The Morgan fingerprint density at radius 2 is 1.90 bits per heavy atom. The molecule has 21 heavy (non-hydrogen) atoms. The first kappa shape index (κ1) is 13.5. The zero-order valence-electron chi connectivity index (χ0n) is 12.1. The van der Waals surface area contributed by atoms with E-state index in [0.717, 1.165) is 36.3 Å². The van der Waals surface area contributed by atoms with E-state index in [9.17, 15) is 0 Å². The van der Waals surface area contributed by atoms with Gasteiger partial charge in [-0.05, 0) is 36.1 Å². The standard InChI is InChI=1S/C17H19N3O/c1-12-5-4-8-15(17(18)19-21)16(12)20-10-9-13-6-2-3-7-14(13)11-20/h2-8,21H,9-11H2,1H3,(H2,18,19). The van der Waals surface area contributed by atoms with Crippen LogP contribution < -0.4 is 10.6 Å². The van der Waals surface area contributed by atoms with Gasteiger partial charge in [0.25, 0.3) is 0 Å². The van der Waals surface area contributed by atoms with E-state index in [2.05, 4.69) is 47.3 Å². The van der Waals surface area contributed by atoms with Gasteiger partial charge in [0.15, 0.2) is 5.84 Å². The number of rotatable bonds is 2. The fourth-order valence-corrected chi connectivity index (χ4v) is 3.03. The number of nitrogens with two attached hydrogens (primary N) is 1. The van der Waals surface area contributed by atoms with Gasteiger partial charge in [0, 0.05) is 18.7 Å². The highest BCUT2D eigenvalue weighted by Crippen LogP contribution is 2.30. The van der Waals surface area contributed by atoms with Crippen LogP contribution in [0.25, 0.3) is 0 Å². The Morgan fingerprint density at radius 3 is 2.67 bits per heavy atom. The molecule has 4 heteroatoms. The van der Waals surface area contributed by atoms with Gasteiger partial charge in [0.05, 0.1) is 5.69 Å². The molecular formula is C17H19N3O. The molecule has 108 valence electrons. The Bertz CT molecular complexity index is 694. The maximum Gasteiger partial charge on any atom is 0.172 e. The maximum absolute atomic E-state index is 9.00. The van der Waals surface area contributed by atoms with E-state index in [-0.39, 0.29) is 5.84 Å². The molecule has 0 aromatic heterocycles. The van der Waals surface area contributed by atoms with E-state index in [4.69, 9.17) is 10.9 Å². The number of anilines is 1. The van der Waals surface area contributed by atoms with E-state index in [1.807, 2.05) is 12.1 Å². The first-order chi connectivity index (χ1) is 10.2. The molecule has 1 heterocycles. The lowest BCUT2D eigenvalue weighted by atomic mass is 9.97. The molecule has 2 aromatic carbocycles. The van der Waals surface area contributed by atoms with Crippen LogP contribution in [0.2, 0.25) is 0 Å². The molecule has 4 nitrogen and oxygen atoms in total. The van der Waals surface area contributed by atoms with Crippen molar-refractivity contribution in [3.8, 4) is 0 Å². The average molecular weight is 281 g/mol. The van der Waals surface area contributed by atoms with Gasteiger partial charge >= 0.3 is 0 Å². The molecule has 1 aliphatic rings. The van der Waals surface area contributed by atoms with Crippen molar-refractivity contribution in [2.75, 3.05) is 11.4 Å². The summed E-state index contributed by atoms with van der Waals surface area (Å²) in [6.45, 7) is 3.85. The molecular weight excluding hydrogens is 262 g/mol. The van der Waals surface area contributed by atoms with Gasteiger partial charge in [-0.2, -0.15) is 0 Å². The van der Waals surface area contributed by atoms with Crippen LogP contribution in [0.15, 0.2) is 47.6 Å². The topological polar surface area (TPSA) is 61.9 Å². The highest BCUT2D eigenvalue weighted by atomic mass is 16.4. The Balaban J connectivity index is 2.03. The summed E-state index contributed by atoms with van der Waals surface area (Å²) in [5.74, 6) is 0.160. The van der Waals surface area contributed by atoms with Crippen LogP contribution in [0.5, 0.6) is 0 Å². The highest BCUT2D eigenvalue weighted by molar-refractivity contribution is 6.02. The first-order valence-corrected chi connectivity index (χ1v) is 7.10. The van der Waals surface area contributed by atoms with Crippen molar-refractivity contribution in [3.63, 3.8) is 0 Å². The second kappa shape index (κ2) is 5.48. The Labute approximate surface area is 124 Å². The van der Waals surface area contributed by atoms with Crippen LogP contribution in [-0.2, 0) is 13.0 Å². The number of nitrogens with zero attached hydrogens (tertiary/aromatic N) is 2. The van der Waals surface area contributed by atoms with Crippen molar-refractivity contribution in [1.29, 1.82) is 0 Å². The zero-order valence-corrected chi connectivity index (χ0v) is 12.1. The lowest BCUT2D eigenvalue weighted by molar-refractivity contribution is 0.318. The smallest absolute Gasteiger partial charge is 0.172 e. The summed E-state index contributed by atoms with van der Waals surface area (Å²) in [7, 11) is 0. The van der Waals surface area contributed by atoms with E-state index >= 15 is 0 Å². The number of benzene rings is 2. The average Bonchev–Trinajstić information content (AvgIpc) is 2.53. The van der Waals surface area contributed by atoms with Gasteiger partial charge in [-0.25, -0.2) is 0 Å². The molecule has 0 bridgehead atoms. The minimum absolute atomic E-state index is 0.160. The predicted molar refractivity (Wildman–Crippen MR) is 84.9 cm³/mol. The molecule has 0 unspecified atom stereocenters. The van der Waals surface area contributed by atoms with E-state index in [0.29, 0.717) is 0 Å². The third kappa shape index (κ3) is 2.44. The van der Waals surface area contributed by atoms with Gasteiger partial charge in [-0.15, -0.1) is 0 Å². The summed E-state index contributed by atoms with van der Waals surface area (Å²) in [6, 6.07) is 14.4. The summed E-state index contributed by atoms with van der Waals surface area (Å²) in [6.07, 6.45) is 1.01. The fraction of sp³-hybridized carbons (Fsp3) is 0.235. The molecule has 0 atom stereocenters. The minimum Gasteiger partial charge on any atom is -0.409 e. The largest absolute Gasteiger partial charge is 0.409 e. The summed E-state index contributed by atoms with van der Waals surface area (Å²) in [5.41, 5.74) is 11.6. The monoisotopic (exact) mass is 281 g/mol. The molecule has 1 aliphatic heterocycles. The van der Waals surface area contributed by atoms with E-state index in [1.54, 1.807) is 0 Å². The van der Waals surface area contributed by atoms with Crippen molar-refractivity contribution < 1.29 is 5.21 Å². The van der Waals surface area contributed by atoms with Crippen molar-refractivity contribution in [2.45, 2.75) is 19.9 Å². The zero-order chi connectivity index (χ0) is 14.8. The number of hydrogen-bond acceptors (Lipinski definition) is 3. The van der Waals surface area contributed by atoms with Crippen LogP contribution in [-0.4, -0.2) is 17.6 Å². The van der Waals surface area contributed by atoms with Crippen LogP contribution in [0.4, 0.5) is 5.69 Å². The molecule has 0 saturated carbocycles. The van der Waals surface area contributed by atoms with E-state index < -0.39 is 0 Å². The van der Waals surface area contributed by atoms with Gasteiger partial charge in [-0.3, -0.25) is 0 Å². The lowest BCUT2D eigenvalue weighted by Gasteiger charge is -2.33. The number of hydrogen-bond donors (Lipinski definition) is 2. The highest BCUT2D eigenvalue weighted by Gasteiger charge is 2.21. The van der Waals surface area contributed by atoms with Gasteiger partial charge in [0.2, 0.25) is 0 Å². The predicted octanol–water partition coefficient (Wildman–Crippen LogP) is 2.65. The second-order valence-corrected chi connectivity index (χ2v) is 5.40. The third-order valence-corrected chi connectivity index (χ3v) is 4.07. The number of amidine groups is 1. The van der Waals surface area contributed by atoms with Gasteiger partial charge in [0.1, 0.15) is 0 Å². The first-order valence-electron chi connectivity index (χ1n) is 7.10. The molecule has 0 radical (unpaired) electrons. The fourth-order valence-electron chi connectivity index (χ4n) is 3.03. The van der Waals surface area contributed by atoms with Crippen molar-refractivity contribution >= 4 is 11.5 Å². The van der Waals surface area contributed by atoms with Crippen LogP contribution in [0.3, 0.4) is 0 Å². The number of fused-ring (bicyclic) bond motifs is 1. The van der Waals surface area contributed by atoms with Crippen molar-refractivity contribution in [2.24, 2.45) is 10.9 Å². The molecule has 3 N–H and O–H groups in total. The minimum atomic E-state index is 0.160. The maximum atomic E-state index is 9.00. The number of aryl methyl sites for hydroxylation is 1. The Kier molecular flexibility index (Phi) is 3.52. The molecule has 0 fully saturated rings. The van der Waals surface area contributed by atoms with E-state index in [1.165, 1.54) is 11.1 Å². The molecule has 0 saturated heterocycles. The molecule has 2 aromatic rings. The number of oxime groups is 1. The molecule has 3 rings (SSSR count). The summed E-state index contributed by atoms with van der Waals surface area (Å²) < 4.78 is 0. The third-order valence-electron chi connectivity index (χ3n) is 4.07. The summed E-state index contributed by atoms with van der Waals surface area (Å²) in [5, 5.41) is 12.2. The molecule has 0 spiro atoms. The normalized spacial score (nSPS) is 14.9. The van der Waals surface area contributed by atoms with Gasteiger partial charge in [-0.1, -0.05) is 41.6 Å². The number of para-hydroxylation sites is 1. The van der Waals surface area contributed by atoms with Gasteiger partial charge < -0.3 is 15.8 Å². The van der Waals surface area contributed by atoms with Crippen molar-refractivity contribution in [3.05, 3.63) is 64.7 Å². The Hall–Kier alpha value is -2.49. The Morgan fingerprint density at radius 1 is 1.14 bits per heavy atom. The second-order valence-electron chi connectivity index (χ2n) is 5.40.